The van der Waals surface area contributed by atoms with Crippen LogP contribution in [0.3, 0.4) is 0 Å². The topological polar surface area (TPSA) is 60.9 Å². The number of hydrogen-bond donors (Lipinski definition) is 0. The Bertz CT molecular complexity index is 1200. The number of benzene rings is 2. The van der Waals surface area contributed by atoms with Gasteiger partial charge in [0.05, 0.1) is 11.4 Å². The highest BCUT2D eigenvalue weighted by atomic mass is 32.2. The molecule has 1 atom stereocenters. The number of fused-ring (bicyclic) bond motifs is 2. The van der Waals surface area contributed by atoms with Crippen LogP contribution in [0.15, 0.2) is 47.4 Å². The van der Waals surface area contributed by atoms with Crippen molar-refractivity contribution in [1.82, 2.24) is 9.21 Å². The molecule has 0 bridgehead atoms. The van der Waals surface area contributed by atoms with Crippen molar-refractivity contribution in [3.63, 3.8) is 0 Å². The molecular weight excluding hydrogens is 446 g/mol. The lowest BCUT2D eigenvalue weighted by atomic mass is 10.0. The van der Waals surface area contributed by atoms with E-state index in [1.807, 2.05) is 17.0 Å². The molecular formula is C27H33N3O3S. The number of carbonyl (C=O) groups is 1. The molecule has 2 aromatic rings. The van der Waals surface area contributed by atoms with Gasteiger partial charge in [0.25, 0.3) is 0 Å². The van der Waals surface area contributed by atoms with E-state index in [2.05, 4.69) is 29.2 Å². The van der Waals surface area contributed by atoms with Crippen LogP contribution in [0.4, 0.5) is 5.69 Å². The van der Waals surface area contributed by atoms with Crippen molar-refractivity contribution in [2.75, 3.05) is 31.1 Å². The molecule has 7 heteroatoms. The van der Waals surface area contributed by atoms with Crippen LogP contribution in [-0.2, 0) is 27.7 Å². The second kappa shape index (κ2) is 8.77. The van der Waals surface area contributed by atoms with Gasteiger partial charge < -0.3 is 4.90 Å². The number of rotatable bonds is 6. The van der Waals surface area contributed by atoms with Crippen molar-refractivity contribution in [3.8, 4) is 0 Å². The maximum atomic E-state index is 13.6. The van der Waals surface area contributed by atoms with Gasteiger partial charge in [0.1, 0.15) is 0 Å². The minimum atomic E-state index is -3.45. The molecule has 1 saturated carbocycles. The first kappa shape index (κ1) is 22.3. The number of hydrogen-bond acceptors (Lipinski definition) is 4. The van der Waals surface area contributed by atoms with E-state index in [4.69, 9.17) is 0 Å². The number of aryl methyl sites for hydroxylation is 2. The fraction of sp³-hybridized carbons (Fsp3) is 0.519. The minimum absolute atomic E-state index is 0.132. The molecule has 1 saturated heterocycles. The number of amides is 1. The molecule has 0 N–H and O–H groups in total. The summed E-state index contributed by atoms with van der Waals surface area (Å²) in [7, 11) is -3.45. The third-order valence-corrected chi connectivity index (χ3v) is 9.90. The second-order valence-corrected chi connectivity index (χ2v) is 12.1. The van der Waals surface area contributed by atoms with Crippen molar-refractivity contribution in [1.29, 1.82) is 0 Å². The van der Waals surface area contributed by atoms with Crippen LogP contribution in [-0.4, -0.2) is 55.8 Å². The summed E-state index contributed by atoms with van der Waals surface area (Å²) in [6.07, 6.45) is 8.02. The third-order valence-electron chi connectivity index (χ3n) is 8.01. The van der Waals surface area contributed by atoms with E-state index in [0.717, 1.165) is 49.8 Å². The lowest BCUT2D eigenvalue weighted by Gasteiger charge is -2.34. The summed E-state index contributed by atoms with van der Waals surface area (Å²) in [5.41, 5.74) is 4.67. The quantitative estimate of drug-likeness (QED) is 0.631. The van der Waals surface area contributed by atoms with Gasteiger partial charge in [0.15, 0.2) is 0 Å². The molecule has 0 aromatic heterocycles. The highest BCUT2D eigenvalue weighted by Crippen LogP contribution is 2.42. The SMILES string of the molecule is O=C(CN(C1CC1)C1CCc2ccccc21)N1CCCc2cc(S(=O)(=O)N3CCCC3)ccc21. The zero-order valence-electron chi connectivity index (χ0n) is 19.7. The molecule has 34 heavy (non-hydrogen) atoms. The molecule has 2 heterocycles. The first-order valence-electron chi connectivity index (χ1n) is 12.8. The average molecular weight is 480 g/mol. The summed E-state index contributed by atoms with van der Waals surface area (Å²) in [4.78, 5) is 18.3. The predicted octanol–water partition coefficient (Wildman–Crippen LogP) is 3.90. The van der Waals surface area contributed by atoms with Crippen molar-refractivity contribution in [3.05, 3.63) is 59.2 Å². The molecule has 6 nitrogen and oxygen atoms in total. The Morgan fingerprint density at radius 1 is 0.912 bits per heavy atom. The Hall–Kier alpha value is -2.22. The van der Waals surface area contributed by atoms with Gasteiger partial charge in [0, 0.05) is 37.4 Å². The summed E-state index contributed by atoms with van der Waals surface area (Å²) in [5.74, 6) is 0.132. The molecule has 0 spiro atoms. The minimum Gasteiger partial charge on any atom is -0.311 e. The fourth-order valence-corrected chi connectivity index (χ4v) is 7.66. The van der Waals surface area contributed by atoms with Crippen LogP contribution in [0.2, 0.25) is 0 Å². The monoisotopic (exact) mass is 479 g/mol. The first-order valence-corrected chi connectivity index (χ1v) is 14.2. The van der Waals surface area contributed by atoms with Crippen LogP contribution >= 0.6 is 0 Å². The Kier molecular flexibility index (Phi) is 5.74. The smallest absolute Gasteiger partial charge is 0.243 e. The Labute approximate surface area is 202 Å². The van der Waals surface area contributed by atoms with E-state index in [-0.39, 0.29) is 5.91 Å². The highest BCUT2D eigenvalue weighted by Gasteiger charge is 2.39. The molecule has 2 aromatic carbocycles. The van der Waals surface area contributed by atoms with Gasteiger partial charge in [-0.1, -0.05) is 24.3 Å². The van der Waals surface area contributed by atoms with E-state index >= 15 is 0 Å². The Balaban J connectivity index is 1.23. The molecule has 1 unspecified atom stereocenters. The lowest BCUT2D eigenvalue weighted by molar-refractivity contribution is -0.120. The Morgan fingerprint density at radius 3 is 2.50 bits per heavy atom. The summed E-state index contributed by atoms with van der Waals surface area (Å²) >= 11 is 0. The van der Waals surface area contributed by atoms with Gasteiger partial charge >= 0.3 is 0 Å². The predicted molar refractivity (Wildman–Crippen MR) is 132 cm³/mol. The maximum absolute atomic E-state index is 13.6. The first-order chi connectivity index (χ1) is 16.5. The molecule has 2 aliphatic heterocycles. The summed E-state index contributed by atoms with van der Waals surface area (Å²) < 4.78 is 27.7. The van der Waals surface area contributed by atoms with Crippen LogP contribution < -0.4 is 4.90 Å². The van der Waals surface area contributed by atoms with E-state index < -0.39 is 10.0 Å². The average Bonchev–Trinajstić information content (AvgIpc) is 3.36. The summed E-state index contributed by atoms with van der Waals surface area (Å²) in [6.45, 7) is 2.33. The second-order valence-electron chi connectivity index (χ2n) is 10.2. The molecule has 180 valence electrons. The fourth-order valence-electron chi connectivity index (χ4n) is 6.09. The van der Waals surface area contributed by atoms with Gasteiger partial charge in [-0.15, -0.1) is 0 Å². The van der Waals surface area contributed by atoms with Gasteiger partial charge in [-0.3, -0.25) is 9.69 Å². The standard InChI is InChI=1S/C27H33N3O3S/c31-27(19-30(22-10-11-22)26-13-9-20-6-1-2-8-24(20)26)29-17-5-7-21-18-23(12-14-25(21)29)34(32,33)28-15-3-4-16-28/h1-2,6,8,12,14,18,22,26H,3-5,7,9-11,13,15-17,19H2. The van der Waals surface area contributed by atoms with Crippen LogP contribution in [0.25, 0.3) is 0 Å². The maximum Gasteiger partial charge on any atom is 0.243 e. The van der Waals surface area contributed by atoms with E-state index in [0.29, 0.717) is 43.2 Å². The summed E-state index contributed by atoms with van der Waals surface area (Å²) in [5, 5.41) is 0. The molecule has 2 aliphatic carbocycles. The molecule has 2 fully saturated rings. The lowest BCUT2D eigenvalue weighted by Crippen LogP contribution is -2.44. The molecule has 6 rings (SSSR count). The van der Waals surface area contributed by atoms with Gasteiger partial charge in [-0.25, -0.2) is 8.42 Å². The van der Waals surface area contributed by atoms with Crippen molar-refractivity contribution >= 4 is 21.6 Å². The van der Waals surface area contributed by atoms with Crippen molar-refractivity contribution < 1.29 is 13.2 Å². The van der Waals surface area contributed by atoms with E-state index in [1.54, 1.807) is 10.4 Å². The highest BCUT2D eigenvalue weighted by molar-refractivity contribution is 7.89. The molecule has 1 amide bonds. The number of carbonyl (C=O) groups excluding carboxylic acids is 1. The third kappa shape index (κ3) is 3.97. The normalized spacial score (nSPS) is 22.7. The zero-order chi connectivity index (χ0) is 23.3. The summed E-state index contributed by atoms with van der Waals surface area (Å²) in [6, 6.07) is 14.9. The van der Waals surface area contributed by atoms with Crippen molar-refractivity contribution in [2.45, 2.75) is 68.3 Å². The van der Waals surface area contributed by atoms with Gasteiger partial charge in [-0.05, 0) is 86.3 Å². The number of nitrogens with zero attached hydrogens (tertiary/aromatic N) is 3. The van der Waals surface area contributed by atoms with Crippen LogP contribution in [0.5, 0.6) is 0 Å². The Morgan fingerprint density at radius 2 is 1.71 bits per heavy atom. The molecule has 0 radical (unpaired) electrons. The van der Waals surface area contributed by atoms with Crippen LogP contribution in [0, 0.1) is 0 Å². The zero-order valence-corrected chi connectivity index (χ0v) is 20.5. The van der Waals surface area contributed by atoms with Crippen LogP contribution in [0.1, 0.15) is 61.3 Å². The number of sulfonamides is 1. The number of anilines is 1. The van der Waals surface area contributed by atoms with E-state index in [1.165, 1.54) is 24.0 Å². The largest absolute Gasteiger partial charge is 0.311 e. The van der Waals surface area contributed by atoms with E-state index in [9.17, 15) is 13.2 Å². The van der Waals surface area contributed by atoms with Gasteiger partial charge in [-0.2, -0.15) is 4.31 Å². The van der Waals surface area contributed by atoms with Gasteiger partial charge in [0.2, 0.25) is 15.9 Å². The molecule has 4 aliphatic rings. The van der Waals surface area contributed by atoms with Crippen molar-refractivity contribution in [2.24, 2.45) is 0 Å².